The Morgan fingerprint density at radius 1 is 1.06 bits per heavy atom. The molecule has 0 aliphatic rings. The summed E-state index contributed by atoms with van der Waals surface area (Å²) in [5, 5.41) is 7.74. The third-order valence-corrected chi connectivity index (χ3v) is 5.60. The molecule has 0 spiro atoms. The number of carbonyl (C=O) groups excluding carboxylic acids is 3. The summed E-state index contributed by atoms with van der Waals surface area (Å²) in [6, 6.07) is 10.6. The van der Waals surface area contributed by atoms with Crippen molar-refractivity contribution in [3.8, 4) is 0 Å². The molecule has 7 nitrogen and oxygen atoms in total. The highest BCUT2D eigenvalue weighted by molar-refractivity contribution is 7.14. The van der Waals surface area contributed by atoms with Crippen LogP contribution in [0.25, 0.3) is 0 Å². The number of furan rings is 1. The van der Waals surface area contributed by atoms with E-state index in [0.717, 1.165) is 5.56 Å². The summed E-state index contributed by atoms with van der Waals surface area (Å²) < 4.78 is 10.2. The highest BCUT2D eigenvalue weighted by Crippen LogP contribution is 2.25. The second-order valence-corrected chi connectivity index (χ2v) is 8.17. The molecule has 0 atom stereocenters. The first kappa shape index (κ1) is 22.3. The van der Waals surface area contributed by atoms with Gasteiger partial charge in [0.1, 0.15) is 22.1 Å². The van der Waals surface area contributed by atoms with Gasteiger partial charge in [-0.05, 0) is 48.1 Å². The molecule has 3 rings (SSSR count). The standard InChI is InChI=1S/C23H24N2O5S/c1-13(2)15-5-7-16(8-6-15)20(26)25-22-18(9-10-31-22)21(27)24-12-17-11-19(14(3)30-17)23(28)29-4/h5-11,13H,12H2,1-4H3,(H,24,27)(H,25,26). The van der Waals surface area contributed by atoms with Crippen molar-refractivity contribution in [3.05, 3.63) is 75.6 Å². The molecule has 3 aromatic rings. The second-order valence-electron chi connectivity index (χ2n) is 7.25. The number of methoxy groups -OCH3 is 1. The molecule has 8 heteroatoms. The average molecular weight is 441 g/mol. The lowest BCUT2D eigenvalue weighted by molar-refractivity contribution is 0.0598. The van der Waals surface area contributed by atoms with Crippen LogP contribution in [0.15, 0.2) is 46.2 Å². The fourth-order valence-corrected chi connectivity index (χ4v) is 3.77. The van der Waals surface area contributed by atoms with E-state index in [0.29, 0.717) is 39.1 Å². The van der Waals surface area contributed by atoms with Crippen molar-refractivity contribution >= 4 is 34.1 Å². The maximum atomic E-state index is 12.6. The first-order chi connectivity index (χ1) is 14.8. The van der Waals surface area contributed by atoms with E-state index in [2.05, 4.69) is 24.5 Å². The van der Waals surface area contributed by atoms with Crippen LogP contribution in [-0.2, 0) is 11.3 Å². The van der Waals surface area contributed by atoms with Gasteiger partial charge < -0.3 is 19.8 Å². The van der Waals surface area contributed by atoms with Gasteiger partial charge in [-0.1, -0.05) is 26.0 Å². The number of rotatable bonds is 7. The molecule has 2 amide bonds. The van der Waals surface area contributed by atoms with E-state index >= 15 is 0 Å². The molecule has 2 aromatic heterocycles. The van der Waals surface area contributed by atoms with E-state index in [1.807, 2.05) is 12.1 Å². The van der Waals surface area contributed by atoms with Gasteiger partial charge in [0, 0.05) is 5.56 Å². The lowest BCUT2D eigenvalue weighted by Crippen LogP contribution is -2.23. The lowest BCUT2D eigenvalue weighted by atomic mass is 10.0. The van der Waals surface area contributed by atoms with Crippen LogP contribution >= 0.6 is 11.3 Å². The van der Waals surface area contributed by atoms with E-state index in [-0.39, 0.29) is 18.4 Å². The van der Waals surface area contributed by atoms with Crippen LogP contribution < -0.4 is 10.6 Å². The van der Waals surface area contributed by atoms with Crippen LogP contribution in [-0.4, -0.2) is 24.9 Å². The Hall–Kier alpha value is -3.39. The molecule has 2 N–H and O–H groups in total. The van der Waals surface area contributed by atoms with Crippen LogP contribution in [0.1, 0.15) is 67.9 Å². The van der Waals surface area contributed by atoms with Crippen molar-refractivity contribution in [2.24, 2.45) is 0 Å². The smallest absolute Gasteiger partial charge is 0.341 e. The van der Waals surface area contributed by atoms with Gasteiger partial charge >= 0.3 is 5.97 Å². The molecular weight excluding hydrogens is 416 g/mol. The molecule has 0 saturated heterocycles. The van der Waals surface area contributed by atoms with Gasteiger partial charge in [0.15, 0.2) is 0 Å². The maximum absolute atomic E-state index is 12.6. The number of hydrogen-bond donors (Lipinski definition) is 2. The van der Waals surface area contributed by atoms with Crippen LogP contribution in [0.4, 0.5) is 5.00 Å². The van der Waals surface area contributed by atoms with Gasteiger partial charge in [-0.3, -0.25) is 9.59 Å². The third kappa shape index (κ3) is 5.21. The lowest BCUT2D eigenvalue weighted by Gasteiger charge is -2.09. The van der Waals surface area contributed by atoms with Crippen LogP contribution in [0.5, 0.6) is 0 Å². The van der Waals surface area contributed by atoms with Crippen LogP contribution in [0, 0.1) is 6.92 Å². The topological polar surface area (TPSA) is 97.6 Å². The molecule has 0 unspecified atom stereocenters. The zero-order valence-corrected chi connectivity index (χ0v) is 18.6. The summed E-state index contributed by atoms with van der Waals surface area (Å²) in [5.41, 5.74) is 2.34. The highest BCUT2D eigenvalue weighted by Gasteiger charge is 2.18. The van der Waals surface area contributed by atoms with E-state index in [4.69, 9.17) is 9.15 Å². The Kier molecular flexibility index (Phi) is 6.91. The second kappa shape index (κ2) is 9.61. The number of anilines is 1. The monoisotopic (exact) mass is 440 g/mol. The van der Waals surface area contributed by atoms with Crippen molar-refractivity contribution in [2.45, 2.75) is 33.2 Å². The van der Waals surface area contributed by atoms with Crippen molar-refractivity contribution in [1.82, 2.24) is 5.32 Å². The van der Waals surface area contributed by atoms with Crippen LogP contribution in [0.3, 0.4) is 0 Å². The molecule has 0 radical (unpaired) electrons. The fourth-order valence-electron chi connectivity index (χ4n) is 2.99. The van der Waals surface area contributed by atoms with Gasteiger partial charge in [0.05, 0.1) is 19.2 Å². The number of aryl methyl sites for hydroxylation is 1. The van der Waals surface area contributed by atoms with Crippen molar-refractivity contribution in [2.75, 3.05) is 12.4 Å². The van der Waals surface area contributed by atoms with Gasteiger partial charge in [-0.15, -0.1) is 11.3 Å². The number of thiophene rings is 1. The van der Waals surface area contributed by atoms with E-state index < -0.39 is 5.97 Å². The molecule has 0 aliphatic heterocycles. The number of benzene rings is 1. The number of hydrogen-bond acceptors (Lipinski definition) is 6. The number of ether oxygens (including phenoxy) is 1. The number of amides is 2. The van der Waals surface area contributed by atoms with Crippen LogP contribution in [0.2, 0.25) is 0 Å². The molecule has 0 aliphatic carbocycles. The summed E-state index contributed by atoms with van der Waals surface area (Å²) in [5.74, 6) is 0.0892. The predicted molar refractivity (Wildman–Crippen MR) is 119 cm³/mol. The predicted octanol–water partition coefficient (Wildman–Crippen LogP) is 4.74. The molecule has 0 fully saturated rings. The Labute approximate surface area is 184 Å². The zero-order valence-electron chi connectivity index (χ0n) is 17.8. The molecule has 2 heterocycles. The average Bonchev–Trinajstić information content (AvgIpc) is 3.37. The van der Waals surface area contributed by atoms with Gasteiger partial charge in [0.2, 0.25) is 0 Å². The molecule has 31 heavy (non-hydrogen) atoms. The number of nitrogens with one attached hydrogen (secondary N) is 2. The minimum absolute atomic E-state index is 0.0938. The molecular formula is C23H24N2O5S. The summed E-state index contributed by atoms with van der Waals surface area (Å²) >= 11 is 1.27. The summed E-state index contributed by atoms with van der Waals surface area (Å²) in [6.45, 7) is 5.92. The Bertz CT molecular complexity index is 1100. The summed E-state index contributed by atoms with van der Waals surface area (Å²) in [7, 11) is 1.29. The molecule has 0 saturated carbocycles. The van der Waals surface area contributed by atoms with E-state index in [9.17, 15) is 14.4 Å². The highest BCUT2D eigenvalue weighted by atomic mass is 32.1. The fraction of sp³-hybridized carbons (Fsp3) is 0.261. The normalized spacial score (nSPS) is 10.7. The van der Waals surface area contributed by atoms with E-state index in [1.54, 1.807) is 36.6 Å². The number of esters is 1. The SMILES string of the molecule is COC(=O)c1cc(CNC(=O)c2ccsc2NC(=O)c2ccc(C(C)C)cc2)oc1C. The van der Waals surface area contributed by atoms with Gasteiger partial charge in [0.25, 0.3) is 11.8 Å². The van der Waals surface area contributed by atoms with Gasteiger partial charge in [-0.25, -0.2) is 4.79 Å². The third-order valence-electron chi connectivity index (χ3n) is 4.77. The number of carbonyl (C=O) groups is 3. The Balaban J connectivity index is 1.65. The van der Waals surface area contributed by atoms with E-state index in [1.165, 1.54) is 18.4 Å². The minimum atomic E-state index is -0.497. The van der Waals surface area contributed by atoms with Crippen molar-refractivity contribution in [1.29, 1.82) is 0 Å². The summed E-state index contributed by atoms with van der Waals surface area (Å²) in [6.07, 6.45) is 0. The van der Waals surface area contributed by atoms with Crippen molar-refractivity contribution in [3.63, 3.8) is 0 Å². The quantitative estimate of drug-likeness (QED) is 0.517. The molecule has 0 bridgehead atoms. The largest absolute Gasteiger partial charge is 0.465 e. The maximum Gasteiger partial charge on any atom is 0.341 e. The summed E-state index contributed by atoms with van der Waals surface area (Å²) in [4.78, 5) is 36.9. The first-order valence-corrected chi connectivity index (χ1v) is 10.6. The minimum Gasteiger partial charge on any atom is -0.465 e. The zero-order chi connectivity index (χ0) is 22.5. The molecule has 162 valence electrons. The first-order valence-electron chi connectivity index (χ1n) is 9.74. The Morgan fingerprint density at radius 3 is 2.42 bits per heavy atom. The Morgan fingerprint density at radius 2 is 1.77 bits per heavy atom. The van der Waals surface area contributed by atoms with Gasteiger partial charge in [-0.2, -0.15) is 0 Å². The van der Waals surface area contributed by atoms with Crippen molar-refractivity contribution < 1.29 is 23.5 Å². The molecule has 1 aromatic carbocycles.